The summed E-state index contributed by atoms with van der Waals surface area (Å²) in [6, 6.07) is 5.00. The van der Waals surface area contributed by atoms with Gasteiger partial charge in [0.05, 0.1) is 11.6 Å². The van der Waals surface area contributed by atoms with Crippen LogP contribution in [-0.2, 0) is 0 Å². The van der Waals surface area contributed by atoms with Gasteiger partial charge in [-0.1, -0.05) is 30.1 Å². The van der Waals surface area contributed by atoms with Crippen LogP contribution in [0.2, 0.25) is 10.0 Å². The summed E-state index contributed by atoms with van der Waals surface area (Å²) in [7, 11) is 1.98. The highest BCUT2D eigenvalue weighted by Crippen LogP contribution is 2.37. The Morgan fingerprint density at radius 1 is 1.44 bits per heavy atom. The summed E-state index contributed by atoms with van der Waals surface area (Å²) in [5.41, 5.74) is 0.553. The quantitative estimate of drug-likeness (QED) is 0.768. The Morgan fingerprint density at radius 2 is 2.11 bits per heavy atom. The zero-order chi connectivity index (χ0) is 13.3. The zero-order valence-electron chi connectivity index (χ0n) is 10.6. The van der Waals surface area contributed by atoms with Gasteiger partial charge < -0.3 is 0 Å². The molecule has 2 unspecified atom stereocenters. The topological polar surface area (TPSA) is 20.3 Å². The molecule has 98 valence electrons. The lowest BCUT2D eigenvalue weighted by atomic mass is 10.1. The van der Waals surface area contributed by atoms with E-state index in [1.807, 2.05) is 7.05 Å². The van der Waals surface area contributed by atoms with E-state index in [4.69, 9.17) is 23.2 Å². The maximum Gasteiger partial charge on any atom is 0.178 e. The molecule has 1 aliphatic carbocycles. The number of Topliss-reactive ketones (excluding diaryl/α,β-unsaturated/α-hetero) is 1. The molecule has 1 fully saturated rings. The molecule has 0 N–H and O–H groups in total. The van der Waals surface area contributed by atoms with E-state index in [2.05, 4.69) is 11.8 Å². The van der Waals surface area contributed by atoms with Crippen LogP contribution in [-0.4, -0.2) is 30.8 Å². The average Bonchev–Trinajstić information content (AvgIpc) is 2.93. The van der Waals surface area contributed by atoms with Crippen molar-refractivity contribution in [1.82, 2.24) is 4.90 Å². The molecule has 18 heavy (non-hydrogen) atoms. The van der Waals surface area contributed by atoms with Crippen LogP contribution in [0.3, 0.4) is 0 Å². The standard InChI is InChI=1S/C14H17Cl2NO/c1-9-5-10(9)7-17(2)8-14(18)12-4-3-11(15)6-13(12)16/h3-4,6,9-10H,5,7-8H2,1-2H3. The first-order chi connectivity index (χ1) is 8.47. The van der Waals surface area contributed by atoms with Gasteiger partial charge in [-0.3, -0.25) is 9.69 Å². The largest absolute Gasteiger partial charge is 0.299 e. The molecule has 2 atom stereocenters. The SMILES string of the molecule is CC1CC1CN(C)CC(=O)c1ccc(Cl)cc1Cl. The molecule has 4 heteroatoms. The number of carbonyl (C=O) groups excluding carboxylic acids is 1. The first kappa shape index (κ1) is 13.9. The number of hydrogen-bond donors (Lipinski definition) is 0. The molecule has 1 aromatic carbocycles. The van der Waals surface area contributed by atoms with E-state index in [1.165, 1.54) is 6.42 Å². The van der Waals surface area contributed by atoms with Crippen molar-refractivity contribution in [2.75, 3.05) is 20.1 Å². The summed E-state index contributed by atoms with van der Waals surface area (Å²) in [4.78, 5) is 14.2. The van der Waals surface area contributed by atoms with E-state index in [0.717, 1.165) is 18.4 Å². The molecule has 1 aliphatic rings. The minimum atomic E-state index is 0.0486. The maximum atomic E-state index is 12.1. The van der Waals surface area contributed by atoms with Gasteiger partial charge in [0, 0.05) is 17.1 Å². The number of rotatable bonds is 5. The molecule has 0 saturated heterocycles. The number of hydrogen-bond acceptors (Lipinski definition) is 2. The minimum Gasteiger partial charge on any atom is -0.299 e. The number of carbonyl (C=O) groups is 1. The van der Waals surface area contributed by atoms with Gasteiger partial charge in [0.2, 0.25) is 0 Å². The zero-order valence-corrected chi connectivity index (χ0v) is 12.1. The van der Waals surface area contributed by atoms with Gasteiger partial charge in [-0.2, -0.15) is 0 Å². The summed E-state index contributed by atoms with van der Waals surface area (Å²) in [5, 5.41) is 0.984. The smallest absolute Gasteiger partial charge is 0.178 e. The fourth-order valence-electron chi connectivity index (χ4n) is 2.16. The van der Waals surface area contributed by atoms with Crippen LogP contribution in [0.4, 0.5) is 0 Å². The Balaban J connectivity index is 1.94. The molecule has 2 nitrogen and oxygen atoms in total. The highest BCUT2D eigenvalue weighted by Gasteiger charge is 2.33. The molecule has 0 amide bonds. The van der Waals surface area contributed by atoms with E-state index in [0.29, 0.717) is 22.2 Å². The van der Waals surface area contributed by atoms with Crippen LogP contribution >= 0.6 is 23.2 Å². The first-order valence-corrected chi connectivity index (χ1v) is 6.89. The van der Waals surface area contributed by atoms with Crippen LogP contribution in [0.1, 0.15) is 23.7 Å². The third kappa shape index (κ3) is 3.47. The van der Waals surface area contributed by atoms with Crippen molar-refractivity contribution < 1.29 is 4.79 Å². The third-order valence-corrected chi connectivity index (χ3v) is 4.02. The van der Waals surface area contributed by atoms with Gasteiger partial charge in [-0.25, -0.2) is 0 Å². The van der Waals surface area contributed by atoms with Crippen molar-refractivity contribution in [3.63, 3.8) is 0 Å². The monoisotopic (exact) mass is 285 g/mol. The van der Waals surface area contributed by atoms with Gasteiger partial charge in [0.1, 0.15) is 0 Å². The van der Waals surface area contributed by atoms with E-state index in [1.54, 1.807) is 18.2 Å². The van der Waals surface area contributed by atoms with Crippen LogP contribution < -0.4 is 0 Å². The Kier molecular flexibility index (Phi) is 4.31. The highest BCUT2D eigenvalue weighted by atomic mass is 35.5. The summed E-state index contributed by atoms with van der Waals surface area (Å²) in [6.45, 7) is 3.64. The number of ketones is 1. The Morgan fingerprint density at radius 3 is 2.67 bits per heavy atom. The number of halogens is 2. The number of likely N-dealkylation sites (N-methyl/N-ethyl adjacent to an activating group) is 1. The molecular weight excluding hydrogens is 269 g/mol. The lowest BCUT2D eigenvalue weighted by Gasteiger charge is -2.15. The normalized spacial score (nSPS) is 22.3. The molecule has 1 aromatic rings. The first-order valence-electron chi connectivity index (χ1n) is 6.14. The summed E-state index contributed by atoms with van der Waals surface area (Å²) in [5.74, 6) is 1.61. The Labute approximate surface area is 118 Å². The lowest BCUT2D eigenvalue weighted by Crippen LogP contribution is -2.28. The average molecular weight is 286 g/mol. The molecule has 0 aliphatic heterocycles. The van der Waals surface area contributed by atoms with Gasteiger partial charge in [-0.05, 0) is 43.5 Å². The third-order valence-electron chi connectivity index (χ3n) is 3.47. The van der Waals surface area contributed by atoms with E-state index < -0.39 is 0 Å². The Bertz CT molecular complexity index is 461. The number of benzene rings is 1. The van der Waals surface area contributed by atoms with E-state index in [9.17, 15) is 4.79 Å². The molecular formula is C14H17Cl2NO. The van der Waals surface area contributed by atoms with Gasteiger partial charge in [0.15, 0.2) is 5.78 Å². The fraction of sp³-hybridized carbons (Fsp3) is 0.500. The summed E-state index contributed by atoms with van der Waals surface area (Å²) >= 11 is 11.8. The van der Waals surface area contributed by atoms with Crippen molar-refractivity contribution >= 4 is 29.0 Å². The molecule has 0 radical (unpaired) electrons. The second kappa shape index (κ2) is 5.60. The van der Waals surface area contributed by atoms with Crippen LogP contribution in [0.25, 0.3) is 0 Å². The van der Waals surface area contributed by atoms with Crippen LogP contribution in [0.15, 0.2) is 18.2 Å². The molecule has 0 spiro atoms. The van der Waals surface area contributed by atoms with E-state index in [-0.39, 0.29) is 5.78 Å². The van der Waals surface area contributed by atoms with E-state index >= 15 is 0 Å². The predicted molar refractivity (Wildman–Crippen MR) is 75.6 cm³/mol. The molecule has 2 rings (SSSR count). The number of nitrogens with zero attached hydrogens (tertiary/aromatic N) is 1. The lowest BCUT2D eigenvalue weighted by molar-refractivity contribution is 0.0943. The fourth-order valence-corrected chi connectivity index (χ4v) is 2.68. The highest BCUT2D eigenvalue weighted by molar-refractivity contribution is 6.36. The van der Waals surface area contributed by atoms with Crippen LogP contribution in [0.5, 0.6) is 0 Å². The second-order valence-electron chi connectivity index (χ2n) is 5.22. The molecule has 0 heterocycles. The maximum absolute atomic E-state index is 12.1. The molecule has 0 aromatic heterocycles. The second-order valence-corrected chi connectivity index (χ2v) is 6.06. The van der Waals surface area contributed by atoms with Crippen molar-refractivity contribution in [1.29, 1.82) is 0 Å². The van der Waals surface area contributed by atoms with Crippen molar-refractivity contribution in [2.45, 2.75) is 13.3 Å². The van der Waals surface area contributed by atoms with Crippen molar-refractivity contribution in [3.05, 3.63) is 33.8 Å². The minimum absolute atomic E-state index is 0.0486. The molecule has 1 saturated carbocycles. The van der Waals surface area contributed by atoms with Crippen LogP contribution in [0, 0.1) is 11.8 Å². The summed E-state index contributed by atoms with van der Waals surface area (Å²) in [6.07, 6.45) is 1.28. The molecule has 0 bridgehead atoms. The van der Waals surface area contributed by atoms with Gasteiger partial charge in [-0.15, -0.1) is 0 Å². The van der Waals surface area contributed by atoms with Crippen molar-refractivity contribution in [2.24, 2.45) is 11.8 Å². The van der Waals surface area contributed by atoms with Gasteiger partial charge in [0.25, 0.3) is 0 Å². The predicted octanol–water partition coefficient (Wildman–Crippen LogP) is 3.76. The summed E-state index contributed by atoms with van der Waals surface area (Å²) < 4.78 is 0. The van der Waals surface area contributed by atoms with Crippen molar-refractivity contribution in [3.8, 4) is 0 Å². The van der Waals surface area contributed by atoms with Gasteiger partial charge >= 0.3 is 0 Å². The Hall–Kier alpha value is -0.570.